The Morgan fingerprint density at radius 2 is 1.69 bits per heavy atom. The SMILES string of the molecule is CC1(C)CC(O)(CCCCCO)C1. The van der Waals surface area contributed by atoms with E-state index in [4.69, 9.17) is 5.11 Å². The topological polar surface area (TPSA) is 40.5 Å². The minimum atomic E-state index is -0.376. The van der Waals surface area contributed by atoms with Crippen LogP contribution >= 0.6 is 0 Å². The molecule has 0 aliphatic heterocycles. The van der Waals surface area contributed by atoms with Crippen molar-refractivity contribution in [3.63, 3.8) is 0 Å². The quantitative estimate of drug-likeness (QED) is 0.645. The molecule has 0 aromatic rings. The predicted molar refractivity (Wildman–Crippen MR) is 53.5 cm³/mol. The Hall–Kier alpha value is -0.0800. The van der Waals surface area contributed by atoms with Crippen LogP contribution in [-0.4, -0.2) is 22.4 Å². The monoisotopic (exact) mass is 186 g/mol. The van der Waals surface area contributed by atoms with Gasteiger partial charge in [-0.25, -0.2) is 0 Å². The van der Waals surface area contributed by atoms with Crippen molar-refractivity contribution in [3.8, 4) is 0 Å². The highest BCUT2D eigenvalue weighted by Crippen LogP contribution is 2.50. The minimum Gasteiger partial charge on any atom is -0.396 e. The third-order valence-electron chi connectivity index (χ3n) is 2.92. The van der Waals surface area contributed by atoms with Crippen LogP contribution in [0.4, 0.5) is 0 Å². The number of aliphatic hydroxyl groups excluding tert-OH is 1. The highest BCUT2D eigenvalue weighted by atomic mass is 16.3. The molecule has 1 rings (SSSR count). The molecule has 0 unspecified atom stereocenters. The van der Waals surface area contributed by atoms with E-state index in [1.54, 1.807) is 0 Å². The van der Waals surface area contributed by atoms with Crippen molar-refractivity contribution in [2.45, 2.75) is 58.0 Å². The van der Waals surface area contributed by atoms with Gasteiger partial charge in [0.2, 0.25) is 0 Å². The first kappa shape index (κ1) is 11.0. The zero-order valence-electron chi connectivity index (χ0n) is 8.84. The van der Waals surface area contributed by atoms with Gasteiger partial charge in [0.15, 0.2) is 0 Å². The third kappa shape index (κ3) is 3.28. The molecule has 0 saturated heterocycles. The second-order valence-electron chi connectivity index (χ2n) is 5.28. The van der Waals surface area contributed by atoms with E-state index in [2.05, 4.69) is 13.8 Å². The van der Waals surface area contributed by atoms with Gasteiger partial charge in [-0.3, -0.25) is 0 Å². The van der Waals surface area contributed by atoms with Gasteiger partial charge in [0.1, 0.15) is 0 Å². The van der Waals surface area contributed by atoms with Crippen molar-refractivity contribution in [3.05, 3.63) is 0 Å². The molecule has 0 atom stereocenters. The normalized spacial score (nSPS) is 24.0. The zero-order chi connectivity index (χ0) is 9.95. The fourth-order valence-electron chi connectivity index (χ4n) is 2.65. The molecule has 0 spiro atoms. The number of unbranched alkanes of at least 4 members (excludes halogenated alkanes) is 2. The Morgan fingerprint density at radius 1 is 1.08 bits per heavy atom. The summed E-state index contributed by atoms with van der Waals surface area (Å²) in [5.41, 5.74) is -0.0231. The Balaban J connectivity index is 2.09. The van der Waals surface area contributed by atoms with Crippen molar-refractivity contribution in [1.29, 1.82) is 0 Å². The summed E-state index contributed by atoms with van der Waals surface area (Å²) < 4.78 is 0. The first-order valence-corrected chi connectivity index (χ1v) is 5.31. The van der Waals surface area contributed by atoms with E-state index in [0.717, 1.165) is 38.5 Å². The van der Waals surface area contributed by atoms with Crippen LogP contribution in [0, 0.1) is 5.41 Å². The van der Waals surface area contributed by atoms with Crippen molar-refractivity contribution in [1.82, 2.24) is 0 Å². The summed E-state index contributed by atoms with van der Waals surface area (Å²) >= 11 is 0. The van der Waals surface area contributed by atoms with Crippen molar-refractivity contribution < 1.29 is 10.2 Å². The van der Waals surface area contributed by atoms with E-state index in [1.165, 1.54) is 0 Å². The number of rotatable bonds is 5. The third-order valence-corrected chi connectivity index (χ3v) is 2.92. The molecule has 1 saturated carbocycles. The minimum absolute atomic E-state index is 0.282. The molecule has 1 aliphatic rings. The first-order chi connectivity index (χ1) is 5.97. The van der Waals surface area contributed by atoms with Gasteiger partial charge in [0.25, 0.3) is 0 Å². The molecule has 0 heterocycles. The maximum absolute atomic E-state index is 9.98. The van der Waals surface area contributed by atoms with Crippen LogP contribution < -0.4 is 0 Å². The van der Waals surface area contributed by atoms with E-state index in [9.17, 15) is 5.11 Å². The fraction of sp³-hybridized carbons (Fsp3) is 1.00. The van der Waals surface area contributed by atoms with Crippen LogP contribution in [0.15, 0.2) is 0 Å². The molecule has 2 nitrogen and oxygen atoms in total. The largest absolute Gasteiger partial charge is 0.396 e. The number of hydrogen-bond donors (Lipinski definition) is 2. The highest BCUT2D eigenvalue weighted by Gasteiger charge is 2.46. The summed E-state index contributed by atoms with van der Waals surface area (Å²) in [5, 5.41) is 18.6. The van der Waals surface area contributed by atoms with Crippen LogP contribution in [0.2, 0.25) is 0 Å². The van der Waals surface area contributed by atoms with Crippen molar-refractivity contribution >= 4 is 0 Å². The van der Waals surface area contributed by atoms with E-state index in [0.29, 0.717) is 5.41 Å². The summed E-state index contributed by atoms with van der Waals surface area (Å²) in [6.45, 7) is 4.69. The van der Waals surface area contributed by atoms with Gasteiger partial charge in [0, 0.05) is 6.61 Å². The highest BCUT2D eigenvalue weighted by molar-refractivity contribution is 4.99. The lowest BCUT2D eigenvalue weighted by Gasteiger charge is -2.50. The Morgan fingerprint density at radius 3 is 2.15 bits per heavy atom. The number of hydrogen-bond acceptors (Lipinski definition) is 2. The average molecular weight is 186 g/mol. The van der Waals surface area contributed by atoms with Crippen molar-refractivity contribution in [2.24, 2.45) is 5.41 Å². The zero-order valence-corrected chi connectivity index (χ0v) is 8.84. The summed E-state index contributed by atoms with van der Waals surface area (Å²) in [6, 6.07) is 0. The molecular formula is C11H22O2. The molecule has 2 heteroatoms. The molecule has 78 valence electrons. The van der Waals surface area contributed by atoms with Crippen LogP contribution in [0.3, 0.4) is 0 Å². The predicted octanol–water partition coefficient (Wildman–Crippen LogP) is 2.09. The van der Waals surface area contributed by atoms with Crippen LogP contribution in [-0.2, 0) is 0 Å². The summed E-state index contributed by atoms with van der Waals surface area (Å²) in [4.78, 5) is 0. The lowest BCUT2D eigenvalue weighted by Crippen LogP contribution is -2.48. The molecule has 0 aromatic heterocycles. The smallest absolute Gasteiger partial charge is 0.0658 e. The Bertz CT molecular complexity index is 155. The van der Waals surface area contributed by atoms with Crippen LogP contribution in [0.25, 0.3) is 0 Å². The second-order valence-corrected chi connectivity index (χ2v) is 5.28. The van der Waals surface area contributed by atoms with Gasteiger partial charge < -0.3 is 10.2 Å². The van der Waals surface area contributed by atoms with Crippen LogP contribution in [0.5, 0.6) is 0 Å². The molecule has 2 N–H and O–H groups in total. The van der Waals surface area contributed by atoms with Gasteiger partial charge in [-0.15, -0.1) is 0 Å². The van der Waals surface area contributed by atoms with E-state index in [1.807, 2.05) is 0 Å². The van der Waals surface area contributed by atoms with E-state index < -0.39 is 0 Å². The molecule has 13 heavy (non-hydrogen) atoms. The molecular weight excluding hydrogens is 164 g/mol. The molecule has 0 aromatic carbocycles. The lowest BCUT2D eigenvalue weighted by molar-refractivity contribution is -0.118. The molecule has 0 radical (unpaired) electrons. The van der Waals surface area contributed by atoms with Crippen LogP contribution in [0.1, 0.15) is 52.4 Å². The molecule has 1 fully saturated rings. The van der Waals surface area contributed by atoms with E-state index >= 15 is 0 Å². The maximum atomic E-state index is 9.98. The second kappa shape index (κ2) is 3.97. The Kier molecular flexibility index (Phi) is 3.36. The molecule has 0 amide bonds. The molecule has 1 aliphatic carbocycles. The van der Waals surface area contributed by atoms with Gasteiger partial charge >= 0.3 is 0 Å². The average Bonchev–Trinajstić information content (AvgIpc) is 1.94. The van der Waals surface area contributed by atoms with Crippen molar-refractivity contribution in [2.75, 3.05) is 6.61 Å². The van der Waals surface area contributed by atoms with Gasteiger partial charge in [-0.2, -0.15) is 0 Å². The summed E-state index contributed by atoms with van der Waals surface area (Å²) in [5.74, 6) is 0. The fourth-order valence-corrected chi connectivity index (χ4v) is 2.65. The Labute approximate surface area is 81.0 Å². The summed E-state index contributed by atoms with van der Waals surface area (Å²) in [7, 11) is 0. The lowest BCUT2D eigenvalue weighted by atomic mass is 9.60. The number of aliphatic hydroxyl groups is 2. The van der Waals surface area contributed by atoms with Gasteiger partial charge in [0.05, 0.1) is 5.60 Å². The van der Waals surface area contributed by atoms with E-state index in [-0.39, 0.29) is 12.2 Å². The summed E-state index contributed by atoms with van der Waals surface area (Å²) in [6.07, 6.45) is 5.76. The van der Waals surface area contributed by atoms with Gasteiger partial charge in [-0.1, -0.05) is 26.7 Å². The van der Waals surface area contributed by atoms with Gasteiger partial charge in [-0.05, 0) is 31.1 Å². The molecule has 0 bridgehead atoms. The maximum Gasteiger partial charge on any atom is 0.0658 e. The standard InChI is InChI=1S/C11H22O2/c1-10(2)8-11(13,9-10)6-4-3-5-7-12/h12-13H,3-9H2,1-2H3. The first-order valence-electron chi connectivity index (χ1n) is 5.31.